The van der Waals surface area contributed by atoms with Crippen LogP contribution >= 0.6 is 23.2 Å². The highest BCUT2D eigenvalue weighted by molar-refractivity contribution is 6.44. The van der Waals surface area contributed by atoms with Crippen LogP contribution in [0.1, 0.15) is 19.8 Å². The second-order valence-corrected chi connectivity index (χ2v) is 7.74. The van der Waals surface area contributed by atoms with Crippen LogP contribution < -0.4 is 10.6 Å². The molecule has 2 N–H and O–H groups in total. The SMILES string of the molecule is C[C@H](C(=O)Nc1cccc(Cl)c1Cl)N1CCC[C@@H](C(=O)Nc2ccccc2)C1. The van der Waals surface area contributed by atoms with Crippen molar-refractivity contribution >= 4 is 46.4 Å². The summed E-state index contributed by atoms with van der Waals surface area (Å²) in [6.07, 6.45) is 1.67. The van der Waals surface area contributed by atoms with E-state index in [0.29, 0.717) is 22.3 Å². The molecule has 0 radical (unpaired) electrons. The van der Waals surface area contributed by atoms with Gasteiger partial charge in [0.05, 0.1) is 27.7 Å². The van der Waals surface area contributed by atoms with Crippen LogP contribution in [-0.4, -0.2) is 35.8 Å². The fourth-order valence-electron chi connectivity index (χ4n) is 3.34. The van der Waals surface area contributed by atoms with E-state index in [-0.39, 0.29) is 23.8 Å². The van der Waals surface area contributed by atoms with E-state index in [9.17, 15) is 9.59 Å². The number of nitrogens with zero attached hydrogens (tertiary/aromatic N) is 1. The zero-order valence-corrected chi connectivity index (χ0v) is 17.1. The third kappa shape index (κ3) is 5.04. The molecule has 2 aromatic rings. The Morgan fingerprint density at radius 2 is 1.82 bits per heavy atom. The Hall–Kier alpha value is -2.08. The Balaban J connectivity index is 1.60. The molecule has 3 rings (SSSR count). The summed E-state index contributed by atoms with van der Waals surface area (Å²) in [5, 5.41) is 6.50. The van der Waals surface area contributed by atoms with Gasteiger partial charge in [-0.2, -0.15) is 0 Å². The first-order valence-corrected chi connectivity index (χ1v) is 10.1. The van der Waals surface area contributed by atoms with Crippen molar-refractivity contribution in [3.63, 3.8) is 0 Å². The second kappa shape index (κ2) is 9.41. The average molecular weight is 420 g/mol. The van der Waals surface area contributed by atoms with Crippen LogP contribution in [0.2, 0.25) is 10.0 Å². The Morgan fingerprint density at radius 1 is 1.07 bits per heavy atom. The number of para-hydroxylation sites is 1. The van der Waals surface area contributed by atoms with E-state index >= 15 is 0 Å². The lowest BCUT2D eigenvalue weighted by Crippen LogP contribution is -2.49. The second-order valence-electron chi connectivity index (χ2n) is 6.96. The fourth-order valence-corrected chi connectivity index (χ4v) is 3.69. The number of amides is 2. The molecular weight excluding hydrogens is 397 g/mol. The van der Waals surface area contributed by atoms with Crippen molar-refractivity contribution in [2.45, 2.75) is 25.8 Å². The van der Waals surface area contributed by atoms with Crippen molar-refractivity contribution in [3.05, 3.63) is 58.6 Å². The Bertz CT molecular complexity index is 845. The van der Waals surface area contributed by atoms with Crippen LogP contribution in [0.3, 0.4) is 0 Å². The molecule has 1 fully saturated rings. The van der Waals surface area contributed by atoms with E-state index in [1.54, 1.807) is 18.2 Å². The first-order chi connectivity index (χ1) is 13.5. The fraction of sp³-hybridized carbons (Fsp3) is 0.333. The van der Waals surface area contributed by atoms with Crippen LogP contribution in [0, 0.1) is 5.92 Å². The molecule has 0 aromatic heterocycles. The molecule has 1 aliphatic rings. The normalized spacial score (nSPS) is 18.3. The van der Waals surface area contributed by atoms with Gasteiger partial charge in [0.1, 0.15) is 0 Å². The number of hydrogen-bond donors (Lipinski definition) is 2. The number of rotatable bonds is 5. The summed E-state index contributed by atoms with van der Waals surface area (Å²) in [5.74, 6) is -0.339. The molecule has 1 saturated heterocycles. The molecule has 1 heterocycles. The maximum atomic E-state index is 12.7. The monoisotopic (exact) mass is 419 g/mol. The number of carbonyl (C=O) groups excluding carboxylic acids is 2. The van der Waals surface area contributed by atoms with Crippen LogP contribution in [0.5, 0.6) is 0 Å². The molecule has 148 valence electrons. The van der Waals surface area contributed by atoms with Crippen molar-refractivity contribution in [2.75, 3.05) is 23.7 Å². The van der Waals surface area contributed by atoms with E-state index in [1.165, 1.54) is 0 Å². The molecule has 7 heteroatoms. The van der Waals surface area contributed by atoms with Gasteiger partial charge < -0.3 is 10.6 Å². The van der Waals surface area contributed by atoms with Gasteiger partial charge in [0.2, 0.25) is 11.8 Å². The number of hydrogen-bond acceptors (Lipinski definition) is 3. The number of likely N-dealkylation sites (tertiary alicyclic amines) is 1. The minimum atomic E-state index is -0.387. The Kier molecular flexibility index (Phi) is 6.94. The minimum absolute atomic E-state index is 0.0126. The molecule has 0 aliphatic carbocycles. The van der Waals surface area contributed by atoms with Crippen molar-refractivity contribution in [1.82, 2.24) is 4.90 Å². The molecule has 1 aliphatic heterocycles. The van der Waals surface area contributed by atoms with E-state index in [1.807, 2.05) is 42.2 Å². The van der Waals surface area contributed by atoms with E-state index in [4.69, 9.17) is 23.2 Å². The maximum absolute atomic E-state index is 12.7. The third-order valence-electron chi connectivity index (χ3n) is 5.00. The van der Waals surface area contributed by atoms with Crippen LogP contribution in [0.4, 0.5) is 11.4 Å². The van der Waals surface area contributed by atoms with Gasteiger partial charge in [-0.15, -0.1) is 0 Å². The number of nitrogens with one attached hydrogen (secondary N) is 2. The summed E-state index contributed by atoms with van der Waals surface area (Å²) in [5.41, 5.74) is 1.27. The summed E-state index contributed by atoms with van der Waals surface area (Å²) in [7, 11) is 0. The van der Waals surface area contributed by atoms with Gasteiger partial charge in [-0.05, 0) is 50.6 Å². The van der Waals surface area contributed by atoms with Crippen LogP contribution in [-0.2, 0) is 9.59 Å². The largest absolute Gasteiger partial charge is 0.326 e. The maximum Gasteiger partial charge on any atom is 0.241 e. The van der Waals surface area contributed by atoms with Gasteiger partial charge in [0, 0.05) is 12.2 Å². The van der Waals surface area contributed by atoms with Crippen LogP contribution in [0.25, 0.3) is 0 Å². The Morgan fingerprint density at radius 3 is 2.57 bits per heavy atom. The molecule has 0 saturated carbocycles. The van der Waals surface area contributed by atoms with E-state index in [2.05, 4.69) is 10.6 Å². The molecular formula is C21H23Cl2N3O2. The zero-order chi connectivity index (χ0) is 20.1. The lowest BCUT2D eigenvalue weighted by Gasteiger charge is -2.35. The Labute approximate surface area is 175 Å². The first kappa shape index (κ1) is 20.6. The summed E-state index contributed by atoms with van der Waals surface area (Å²) in [4.78, 5) is 27.3. The molecule has 5 nitrogen and oxygen atoms in total. The summed E-state index contributed by atoms with van der Waals surface area (Å²) < 4.78 is 0. The smallest absolute Gasteiger partial charge is 0.241 e. The van der Waals surface area contributed by atoms with Crippen molar-refractivity contribution in [3.8, 4) is 0 Å². The summed E-state index contributed by atoms with van der Waals surface area (Å²) in [6.45, 7) is 3.15. The topological polar surface area (TPSA) is 61.4 Å². The molecule has 0 unspecified atom stereocenters. The van der Waals surface area contributed by atoms with Gasteiger partial charge in [-0.25, -0.2) is 0 Å². The zero-order valence-electron chi connectivity index (χ0n) is 15.6. The van der Waals surface area contributed by atoms with Gasteiger partial charge in [-0.1, -0.05) is 47.5 Å². The molecule has 28 heavy (non-hydrogen) atoms. The lowest BCUT2D eigenvalue weighted by molar-refractivity contribution is -0.125. The van der Waals surface area contributed by atoms with Gasteiger partial charge in [0.25, 0.3) is 0 Å². The predicted molar refractivity (Wildman–Crippen MR) is 114 cm³/mol. The summed E-state index contributed by atoms with van der Waals surface area (Å²) in [6, 6.07) is 14.1. The first-order valence-electron chi connectivity index (χ1n) is 9.30. The number of benzene rings is 2. The predicted octanol–water partition coefficient (Wildman–Crippen LogP) is 4.67. The standard InChI is InChI=1S/C21H23Cl2N3O2/c1-14(20(27)25-18-11-5-10-17(22)19(18)23)26-12-6-7-15(13-26)21(28)24-16-8-3-2-4-9-16/h2-5,8-11,14-15H,6-7,12-13H2,1H3,(H,24,28)(H,25,27)/t14-,15-/m1/s1. The molecule has 0 spiro atoms. The number of anilines is 2. The third-order valence-corrected chi connectivity index (χ3v) is 5.82. The highest BCUT2D eigenvalue weighted by Crippen LogP contribution is 2.30. The van der Waals surface area contributed by atoms with Gasteiger partial charge in [-0.3, -0.25) is 14.5 Å². The quantitative estimate of drug-likeness (QED) is 0.739. The van der Waals surface area contributed by atoms with E-state index in [0.717, 1.165) is 25.1 Å². The van der Waals surface area contributed by atoms with Crippen LogP contribution in [0.15, 0.2) is 48.5 Å². The van der Waals surface area contributed by atoms with Crippen molar-refractivity contribution in [1.29, 1.82) is 0 Å². The van der Waals surface area contributed by atoms with Gasteiger partial charge in [0.15, 0.2) is 0 Å². The lowest BCUT2D eigenvalue weighted by atomic mass is 9.95. The number of halogens is 2. The number of piperidine rings is 1. The summed E-state index contributed by atoms with van der Waals surface area (Å²) >= 11 is 12.2. The highest BCUT2D eigenvalue weighted by atomic mass is 35.5. The van der Waals surface area contributed by atoms with Crippen molar-refractivity contribution < 1.29 is 9.59 Å². The molecule has 2 aromatic carbocycles. The van der Waals surface area contributed by atoms with Gasteiger partial charge >= 0.3 is 0 Å². The molecule has 2 amide bonds. The van der Waals surface area contributed by atoms with Crippen molar-refractivity contribution in [2.24, 2.45) is 5.92 Å². The number of carbonyl (C=O) groups is 2. The molecule has 2 atom stereocenters. The highest BCUT2D eigenvalue weighted by Gasteiger charge is 2.31. The van der Waals surface area contributed by atoms with E-state index < -0.39 is 0 Å². The minimum Gasteiger partial charge on any atom is -0.326 e. The average Bonchev–Trinajstić information content (AvgIpc) is 2.71. The molecule has 0 bridgehead atoms.